The van der Waals surface area contributed by atoms with Crippen LogP contribution in [0.1, 0.15) is 30.3 Å². The van der Waals surface area contributed by atoms with Crippen molar-refractivity contribution in [3.63, 3.8) is 0 Å². The number of anilines is 1. The molecule has 0 aromatic carbocycles. The smallest absolute Gasteiger partial charge is 0.267 e. The Morgan fingerprint density at radius 1 is 1.47 bits per heavy atom. The molecule has 1 aliphatic heterocycles. The molecule has 1 aromatic heterocycles. The Morgan fingerprint density at radius 2 is 2.26 bits per heavy atom. The average Bonchev–Trinajstić information content (AvgIpc) is 2.39. The zero-order chi connectivity index (χ0) is 13.8. The molecule has 0 saturated carbocycles. The average molecular weight is 263 g/mol. The molecule has 0 aliphatic carbocycles. The maximum Gasteiger partial charge on any atom is 0.267 e. The van der Waals surface area contributed by atoms with Gasteiger partial charge in [0.05, 0.1) is 12.0 Å². The number of hydrogen-bond acceptors (Lipinski definition) is 4. The summed E-state index contributed by atoms with van der Waals surface area (Å²) < 4.78 is 5.46. The lowest BCUT2D eigenvalue weighted by atomic mass is 9.94. The predicted octanol–water partition coefficient (Wildman–Crippen LogP) is 0.934. The van der Waals surface area contributed by atoms with Gasteiger partial charge in [-0.25, -0.2) is 4.98 Å². The first-order valence-corrected chi connectivity index (χ1v) is 6.27. The Balaban J connectivity index is 2.06. The number of nitrogens with zero attached hydrogens (tertiary/aromatic N) is 1. The number of primary amides is 1. The Bertz CT molecular complexity index is 490. The van der Waals surface area contributed by atoms with Crippen LogP contribution in [-0.4, -0.2) is 29.5 Å². The number of carbonyl (C=O) groups is 2. The summed E-state index contributed by atoms with van der Waals surface area (Å²) >= 11 is 0. The van der Waals surface area contributed by atoms with Crippen LogP contribution < -0.4 is 11.1 Å². The summed E-state index contributed by atoms with van der Waals surface area (Å²) in [6.45, 7) is 2.58. The van der Waals surface area contributed by atoms with Crippen LogP contribution in [-0.2, 0) is 9.53 Å². The standard InChI is InChI=1S/C13H17N3O3/c1-8-9(4-3-7-19-8)13(18)16-11-6-2-5-10(15-11)12(14)17/h2,5-6,8-9H,3-4,7H2,1H3,(H2,14,17)(H,15,16,18). The van der Waals surface area contributed by atoms with Crippen LogP contribution in [0.4, 0.5) is 5.82 Å². The van der Waals surface area contributed by atoms with E-state index < -0.39 is 5.91 Å². The van der Waals surface area contributed by atoms with Crippen molar-refractivity contribution in [1.82, 2.24) is 4.98 Å². The quantitative estimate of drug-likeness (QED) is 0.848. The van der Waals surface area contributed by atoms with Crippen molar-refractivity contribution in [2.45, 2.75) is 25.9 Å². The molecule has 2 amide bonds. The minimum atomic E-state index is -0.620. The molecule has 2 atom stereocenters. The second kappa shape index (κ2) is 5.79. The van der Waals surface area contributed by atoms with Gasteiger partial charge in [0, 0.05) is 6.61 Å². The van der Waals surface area contributed by atoms with Gasteiger partial charge >= 0.3 is 0 Å². The van der Waals surface area contributed by atoms with Crippen LogP contribution in [0.5, 0.6) is 0 Å². The van der Waals surface area contributed by atoms with Crippen molar-refractivity contribution in [2.24, 2.45) is 11.7 Å². The van der Waals surface area contributed by atoms with E-state index in [2.05, 4.69) is 10.3 Å². The molecule has 1 saturated heterocycles. The molecule has 3 N–H and O–H groups in total. The van der Waals surface area contributed by atoms with Gasteiger partial charge in [-0.3, -0.25) is 9.59 Å². The Kier molecular flexibility index (Phi) is 4.11. The van der Waals surface area contributed by atoms with Gasteiger partial charge in [-0.05, 0) is 31.9 Å². The number of aromatic nitrogens is 1. The van der Waals surface area contributed by atoms with E-state index in [-0.39, 0.29) is 23.6 Å². The van der Waals surface area contributed by atoms with Crippen molar-refractivity contribution in [3.05, 3.63) is 23.9 Å². The van der Waals surface area contributed by atoms with Crippen LogP contribution in [0.25, 0.3) is 0 Å². The van der Waals surface area contributed by atoms with Gasteiger partial charge in [-0.15, -0.1) is 0 Å². The van der Waals surface area contributed by atoms with Crippen LogP contribution in [0.3, 0.4) is 0 Å². The highest BCUT2D eigenvalue weighted by Gasteiger charge is 2.28. The van der Waals surface area contributed by atoms with E-state index in [1.165, 1.54) is 6.07 Å². The molecular weight excluding hydrogens is 246 g/mol. The van der Waals surface area contributed by atoms with Gasteiger partial charge in [0.25, 0.3) is 5.91 Å². The summed E-state index contributed by atoms with van der Waals surface area (Å²) in [6, 6.07) is 4.76. The van der Waals surface area contributed by atoms with Crippen LogP contribution in [0, 0.1) is 5.92 Å². The zero-order valence-corrected chi connectivity index (χ0v) is 10.8. The van der Waals surface area contributed by atoms with E-state index in [0.717, 1.165) is 12.8 Å². The van der Waals surface area contributed by atoms with E-state index in [1.807, 2.05) is 6.92 Å². The van der Waals surface area contributed by atoms with Crippen LogP contribution in [0.2, 0.25) is 0 Å². The minimum Gasteiger partial charge on any atom is -0.378 e. The molecule has 102 valence electrons. The maximum atomic E-state index is 12.1. The molecule has 1 aliphatic rings. The fraction of sp³-hybridized carbons (Fsp3) is 0.462. The molecule has 6 nitrogen and oxygen atoms in total. The number of pyridine rings is 1. The summed E-state index contributed by atoms with van der Waals surface area (Å²) in [5.74, 6) is -0.612. The highest BCUT2D eigenvalue weighted by atomic mass is 16.5. The monoisotopic (exact) mass is 263 g/mol. The number of hydrogen-bond donors (Lipinski definition) is 2. The van der Waals surface area contributed by atoms with Crippen LogP contribution in [0.15, 0.2) is 18.2 Å². The lowest BCUT2D eigenvalue weighted by Crippen LogP contribution is -2.36. The van der Waals surface area contributed by atoms with Gasteiger partial charge < -0.3 is 15.8 Å². The summed E-state index contributed by atoms with van der Waals surface area (Å²) in [6.07, 6.45) is 1.56. The third kappa shape index (κ3) is 3.29. The number of nitrogens with two attached hydrogens (primary N) is 1. The lowest BCUT2D eigenvalue weighted by molar-refractivity contribution is -0.127. The molecule has 1 fully saturated rings. The molecule has 1 aromatic rings. The van der Waals surface area contributed by atoms with E-state index in [9.17, 15) is 9.59 Å². The molecule has 0 radical (unpaired) electrons. The van der Waals surface area contributed by atoms with Gasteiger partial charge in [0.15, 0.2) is 0 Å². The fourth-order valence-corrected chi connectivity index (χ4v) is 2.13. The molecule has 6 heteroatoms. The van der Waals surface area contributed by atoms with Crippen molar-refractivity contribution >= 4 is 17.6 Å². The number of nitrogens with one attached hydrogen (secondary N) is 1. The Morgan fingerprint density at radius 3 is 2.95 bits per heavy atom. The summed E-state index contributed by atoms with van der Waals surface area (Å²) in [5.41, 5.74) is 5.27. The highest BCUT2D eigenvalue weighted by Crippen LogP contribution is 2.21. The lowest BCUT2D eigenvalue weighted by Gasteiger charge is -2.27. The van der Waals surface area contributed by atoms with E-state index >= 15 is 0 Å². The van der Waals surface area contributed by atoms with Crippen molar-refractivity contribution in [3.8, 4) is 0 Å². The molecule has 2 rings (SSSR count). The van der Waals surface area contributed by atoms with Crippen molar-refractivity contribution < 1.29 is 14.3 Å². The molecule has 0 spiro atoms. The summed E-state index contributed by atoms with van der Waals surface area (Å²) in [4.78, 5) is 27.1. The van der Waals surface area contributed by atoms with Gasteiger partial charge in [-0.1, -0.05) is 6.07 Å². The predicted molar refractivity (Wildman–Crippen MR) is 69.5 cm³/mol. The largest absolute Gasteiger partial charge is 0.378 e. The van der Waals surface area contributed by atoms with E-state index in [0.29, 0.717) is 12.4 Å². The third-order valence-electron chi connectivity index (χ3n) is 3.20. The molecule has 19 heavy (non-hydrogen) atoms. The molecule has 2 heterocycles. The third-order valence-corrected chi connectivity index (χ3v) is 3.20. The summed E-state index contributed by atoms with van der Waals surface area (Å²) in [5, 5.41) is 2.70. The van der Waals surface area contributed by atoms with Crippen LogP contribution >= 0.6 is 0 Å². The number of rotatable bonds is 3. The number of amides is 2. The fourth-order valence-electron chi connectivity index (χ4n) is 2.13. The second-order valence-electron chi connectivity index (χ2n) is 4.59. The van der Waals surface area contributed by atoms with E-state index in [1.54, 1.807) is 12.1 Å². The normalized spacial score (nSPS) is 22.8. The maximum absolute atomic E-state index is 12.1. The Hall–Kier alpha value is -1.95. The molecular formula is C13H17N3O3. The topological polar surface area (TPSA) is 94.3 Å². The molecule has 0 bridgehead atoms. The SMILES string of the molecule is CC1OCCCC1C(=O)Nc1cccc(C(N)=O)n1. The second-order valence-corrected chi connectivity index (χ2v) is 4.59. The number of ether oxygens (including phenoxy) is 1. The van der Waals surface area contributed by atoms with E-state index in [4.69, 9.17) is 10.5 Å². The summed E-state index contributed by atoms with van der Waals surface area (Å²) in [7, 11) is 0. The highest BCUT2D eigenvalue weighted by molar-refractivity contribution is 5.94. The number of carbonyl (C=O) groups excluding carboxylic acids is 2. The molecule has 2 unspecified atom stereocenters. The minimum absolute atomic E-state index is 0.104. The van der Waals surface area contributed by atoms with Gasteiger partial charge in [-0.2, -0.15) is 0 Å². The van der Waals surface area contributed by atoms with Crippen molar-refractivity contribution in [2.75, 3.05) is 11.9 Å². The van der Waals surface area contributed by atoms with Crippen molar-refractivity contribution in [1.29, 1.82) is 0 Å². The van der Waals surface area contributed by atoms with Gasteiger partial charge in [0.1, 0.15) is 11.5 Å². The first-order chi connectivity index (χ1) is 9.08. The zero-order valence-electron chi connectivity index (χ0n) is 10.8. The first-order valence-electron chi connectivity index (χ1n) is 6.27. The van der Waals surface area contributed by atoms with Gasteiger partial charge in [0.2, 0.25) is 5.91 Å². The Labute approximate surface area is 111 Å². The first kappa shape index (κ1) is 13.5.